The number of rotatable bonds is 8. The van der Waals surface area contributed by atoms with Crippen molar-refractivity contribution in [2.75, 3.05) is 26.3 Å². The Morgan fingerprint density at radius 2 is 2.18 bits per heavy atom. The van der Waals surface area contributed by atoms with Crippen LogP contribution in [0, 0.1) is 3.57 Å². The maximum Gasteiger partial charge on any atom is 0.247 e. The number of para-hydroxylation sites is 1. The Bertz CT molecular complexity index is 693. The number of amides is 1. The minimum absolute atomic E-state index is 0.121. The highest BCUT2D eigenvalue weighted by atomic mass is 127. The third-order valence-corrected chi connectivity index (χ3v) is 5.87. The standard InChI is InChI=1S/C20H27IN2O5/c21-15-5-1-2-6-17(15)28-18-11-13(20(26)22-7-8-24)10-16(19(18)25)23-12-14-4-3-9-27-14/h1-2,5-6,11,14,16,18-19,23-25H,3-4,7-10,12H2,(H,22,26)/t14-,16-,18+,19+/m1/s1. The molecule has 0 unspecified atom stereocenters. The van der Waals surface area contributed by atoms with Crippen LogP contribution in [0.2, 0.25) is 0 Å². The maximum absolute atomic E-state index is 12.5. The van der Waals surface area contributed by atoms with Gasteiger partial charge in [-0.1, -0.05) is 12.1 Å². The number of benzene rings is 1. The van der Waals surface area contributed by atoms with Crippen LogP contribution in [0.5, 0.6) is 5.75 Å². The third-order valence-electron chi connectivity index (χ3n) is 4.97. The summed E-state index contributed by atoms with van der Waals surface area (Å²) in [6, 6.07) is 7.24. The summed E-state index contributed by atoms with van der Waals surface area (Å²) < 4.78 is 12.6. The zero-order valence-electron chi connectivity index (χ0n) is 15.6. The SMILES string of the molecule is O=C(NCCO)C1=C[C@H](Oc2ccccc2I)[C@@H](O)[C@H](NC[C@H]2CCCO2)C1. The number of hydrogen-bond donors (Lipinski definition) is 4. The smallest absolute Gasteiger partial charge is 0.247 e. The molecular weight excluding hydrogens is 475 g/mol. The lowest BCUT2D eigenvalue weighted by Gasteiger charge is -2.35. The van der Waals surface area contributed by atoms with Gasteiger partial charge in [0.05, 0.1) is 16.3 Å². The molecule has 0 spiro atoms. The third kappa shape index (κ3) is 5.66. The number of carbonyl (C=O) groups is 1. The fourth-order valence-electron chi connectivity index (χ4n) is 3.47. The van der Waals surface area contributed by atoms with Crippen LogP contribution < -0.4 is 15.4 Å². The van der Waals surface area contributed by atoms with Gasteiger partial charge in [0.25, 0.3) is 0 Å². The number of aliphatic hydroxyl groups is 2. The van der Waals surface area contributed by atoms with Gasteiger partial charge in [-0.05, 0) is 60.1 Å². The number of carbonyl (C=O) groups excluding carboxylic acids is 1. The molecule has 28 heavy (non-hydrogen) atoms. The van der Waals surface area contributed by atoms with Crippen LogP contribution in [0.1, 0.15) is 19.3 Å². The van der Waals surface area contributed by atoms with Crippen LogP contribution >= 0.6 is 22.6 Å². The fourth-order valence-corrected chi connectivity index (χ4v) is 3.99. The van der Waals surface area contributed by atoms with E-state index in [9.17, 15) is 9.90 Å². The molecule has 4 N–H and O–H groups in total. The molecule has 4 atom stereocenters. The summed E-state index contributed by atoms with van der Waals surface area (Å²) in [7, 11) is 0. The van der Waals surface area contributed by atoms with Crippen LogP contribution in [-0.4, -0.2) is 66.8 Å². The molecule has 1 aliphatic carbocycles. The Hall–Kier alpha value is -1.20. The van der Waals surface area contributed by atoms with Crippen molar-refractivity contribution in [3.63, 3.8) is 0 Å². The summed E-state index contributed by atoms with van der Waals surface area (Å²) in [6.07, 6.45) is 2.80. The van der Waals surface area contributed by atoms with E-state index < -0.39 is 12.2 Å². The van der Waals surface area contributed by atoms with Gasteiger partial charge in [0.1, 0.15) is 18.0 Å². The summed E-state index contributed by atoms with van der Waals surface area (Å²) in [5.41, 5.74) is 0.541. The van der Waals surface area contributed by atoms with Crippen LogP contribution in [-0.2, 0) is 9.53 Å². The second-order valence-electron chi connectivity index (χ2n) is 7.03. The first-order chi connectivity index (χ1) is 13.6. The molecule has 3 rings (SSSR count). The highest BCUT2D eigenvalue weighted by Gasteiger charge is 2.36. The summed E-state index contributed by atoms with van der Waals surface area (Å²) >= 11 is 2.18. The average Bonchev–Trinajstić information content (AvgIpc) is 3.22. The molecule has 7 nitrogen and oxygen atoms in total. The summed E-state index contributed by atoms with van der Waals surface area (Å²) in [6.45, 7) is 1.47. The van der Waals surface area contributed by atoms with E-state index >= 15 is 0 Å². The van der Waals surface area contributed by atoms with Crippen molar-refractivity contribution in [2.24, 2.45) is 0 Å². The Morgan fingerprint density at radius 3 is 2.89 bits per heavy atom. The van der Waals surface area contributed by atoms with Crippen LogP contribution in [0.25, 0.3) is 0 Å². The van der Waals surface area contributed by atoms with E-state index in [1.54, 1.807) is 6.08 Å². The van der Waals surface area contributed by atoms with Gasteiger partial charge in [-0.2, -0.15) is 0 Å². The van der Waals surface area contributed by atoms with Crippen molar-refractivity contribution < 1.29 is 24.5 Å². The van der Waals surface area contributed by atoms with Crippen LogP contribution in [0.15, 0.2) is 35.9 Å². The van der Waals surface area contributed by atoms with E-state index in [2.05, 4.69) is 33.2 Å². The summed E-state index contributed by atoms with van der Waals surface area (Å²) in [5.74, 6) is 0.416. The molecule has 1 fully saturated rings. The quantitative estimate of drug-likeness (QED) is 0.396. The van der Waals surface area contributed by atoms with Crippen molar-refractivity contribution in [3.05, 3.63) is 39.5 Å². The van der Waals surface area contributed by atoms with Crippen molar-refractivity contribution in [2.45, 2.75) is 43.6 Å². The molecular formula is C20H27IN2O5. The lowest BCUT2D eigenvalue weighted by Crippen LogP contribution is -2.53. The lowest BCUT2D eigenvalue weighted by atomic mass is 9.89. The van der Waals surface area contributed by atoms with Gasteiger partial charge in [0.15, 0.2) is 0 Å². The highest BCUT2D eigenvalue weighted by Crippen LogP contribution is 2.27. The van der Waals surface area contributed by atoms with Gasteiger partial charge in [0, 0.05) is 31.3 Å². The Balaban J connectivity index is 1.73. The van der Waals surface area contributed by atoms with E-state index in [0.717, 1.165) is 23.0 Å². The van der Waals surface area contributed by atoms with Gasteiger partial charge in [-0.15, -0.1) is 0 Å². The molecule has 1 aliphatic heterocycles. The van der Waals surface area contributed by atoms with Gasteiger partial charge in [-0.25, -0.2) is 0 Å². The zero-order chi connectivity index (χ0) is 19.9. The van der Waals surface area contributed by atoms with E-state index in [4.69, 9.17) is 14.6 Å². The first kappa shape index (κ1) is 21.5. The minimum Gasteiger partial charge on any atom is -0.482 e. The van der Waals surface area contributed by atoms with Gasteiger partial charge in [-0.3, -0.25) is 4.79 Å². The number of hydrogen-bond acceptors (Lipinski definition) is 6. The van der Waals surface area contributed by atoms with Crippen LogP contribution in [0.4, 0.5) is 0 Å². The molecule has 0 saturated carbocycles. The van der Waals surface area contributed by atoms with Gasteiger partial charge in [0.2, 0.25) is 5.91 Å². The van der Waals surface area contributed by atoms with Crippen molar-refractivity contribution >= 4 is 28.5 Å². The van der Waals surface area contributed by atoms with Crippen molar-refractivity contribution in [3.8, 4) is 5.75 Å². The second kappa shape index (κ2) is 10.5. The molecule has 0 bridgehead atoms. The number of halogens is 1. The Labute approximate surface area is 178 Å². The molecule has 154 valence electrons. The van der Waals surface area contributed by atoms with Gasteiger partial charge >= 0.3 is 0 Å². The average molecular weight is 502 g/mol. The first-order valence-corrected chi connectivity index (χ1v) is 10.7. The molecule has 0 aromatic heterocycles. The Morgan fingerprint density at radius 1 is 1.36 bits per heavy atom. The monoisotopic (exact) mass is 502 g/mol. The first-order valence-electron chi connectivity index (χ1n) is 9.62. The van der Waals surface area contributed by atoms with E-state index in [1.165, 1.54) is 0 Å². The van der Waals surface area contributed by atoms with Crippen LogP contribution in [0.3, 0.4) is 0 Å². The Kier molecular flexibility index (Phi) is 8.10. The minimum atomic E-state index is -0.799. The van der Waals surface area contributed by atoms with E-state index in [1.807, 2.05) is 24.3 Å². The predicted molar refractivity (Wildman–Crippen MR) is 113 cm³/mol. The zero-order valence-corrected chi connectivity index (χ0v) is 17.8. The van der Waals surface area contributed by atoms with Gasteiger partial charge < -0.3 is 30.3 Å². The molecule has 1 aromatic rings. The topological polar surface area (TPSA) is 100 Å². The molecule has 1 amide bonds. The summed E-state index contributed by atoms with van der Waals surface area (Å²) in [4.78, 5) is 12.5. The number of aliphatic hydroxyl groups excluding tert-OH is 2. The highest BCUT2D eigenvalue weighted by molar-refractivity contribution is 14.1. The second-order valence-corrected chi connectivity index (χ2v) is 8.19. The molecule has 8 heteroatoms. The normalized spacial score (nSPS) is 27.3. The molecule has 2 aliphatic rings. The van der Waals surface area contributed by atoms with E-state index in [0.29, 0.717) is 24.3 Å². The maximum atomic E-state index is 12.5. The summed E-state index contributed by atoms with van der Waals surface area (Å²) in [5, 5.41) is 25.9. The van der Waals surface area contributed by atoms with Crippen molar-refractivity contribution in [1.82, 2.24) is 10.6 Å². The molecule has 0 radical (unpaired) electrons. The molecule has 1 aromatic carbocycles. The number of nitrogens with one attached hydrogen (secondary N) is 2. The largest absolute Gasteiger partial charge is 0.482 e. The molecule has 1 heterocycles. The molecule has 1 saturated heterocycles. The van der Waals surface area contributed by atoms with E-state index in [-0.39, 0.29) is 31.2 Å². The lowest BCUT2D eigenvalue weighted by molar-refractivity contribution is -0.118. The number of ether oxygens (including phenoxy) is 2. The fraction of sp³-hybridized carbons (Fsp3) is 0.550. The predicted octanol–water partition coefficient (Wildman–Crippen LogP) is 0.975. The van der Waals surface area contributed by atoms with Crippen molar-refractivity contribution in [1.29, 1.82) is 0 Å².